The van der Waals surface area contributed by atoms with Crippen molar-refractivity contribution in [2.75, 3.05) is 31.0 Å². The minimum absolute atomic E-state index is 0.792. The first-order chi connectivity index (χ1) is 12.8. The molecule has 0 aliphatic heterocycles. The van der Waals surface area contributed by atoms with Crippen molar-refractivity contribution in [2.24, 2.45) is 5.73 Å². The minimum Gasteiger partial charge on any atom is -0.330 e. The van der Waals surface area contributed by atoms with Crippen LogP contribution in [0.1, 0.15) is 43.2 Å². The second-order valence-corrected chi connectivity index (χ2v) is 6.81. The molecule has 0 radical (unpaired) electrons. The normalized spacial score (nSPS) is 10.7. The average Bonchev–Trinajstić information content (AvgIpc) is 2.68. The molecular weight excluding hydrogens is 320 g/mol. The number of nitrogens with one attached hydrogen (secondary N) is 3. The quantitative estimate of drug-likeness (QED) is 0.319. The summed E-state index contributed by atoms with van der Waals surface area (Å²) in [5, 5.41) is 3.19. The predicted octanol–water partition coefficient (Wildman–Crippen LogP) is 4.34. The molecule has 0 bridgehead atoms. The molecule has 0 heterocycles. The number of aryl methyl sites for hydroxylation is 2. The van der Waals surface area contributed by atoms with E-state index < -0.39 is 0 Å². The smallest absolute Gasteiger partial charge is 0.0542 e. The molecule has 4 nitrogen and oxygen atoms in total. The molecule has 0 spiro atoms. The van der Waals surface area contributed by atoms with Crippen molar-refractivity contribution in [3.8, 4) is 0 Å². The van der Waals surface area contributed by atoms with Crippen LogP contribution in [0.15, 0.2) is 48.5 Å². The first kappa shape index (κ1) is 20.3. The van der Waals surface area contributed by atoms with E-state index in [0.29, 0.717) is 0 Å². The molecule has 0 saturated heterocycles. The Morgan fingerprint density at radius 1 is 0.731 bits per heavy atom. The van der Waals surface area contributed by atoms with Gasteiger partial charge >= 0.3 is 0 Å². The number of hydrogen-bond donors (Lipinski definition) is 4. The van der Waals surface area contributed by atoms with E-state index in [0.717, 1.165) is 43.7 Å². The molecule has 0 aliphatic carbocycles. The van der Waals surface area contributed by atoms with Crippen LogP contribution in [0, 0.1) is 0 Å². The van der Waals surface area contributed by atoms with Crippen LogP contribution in [0.4, 0.5) is 11.4 Å². The van der Waals surface area contributed by atoms with Gasteiger partial charge in [0.25, 0.3) is 0 Å². The van der Waals surface area contributed by atoms with Crippen molar-refractivity contribution in [2.45, 2.75) is 44.9 Å². The van der Waals surface area contributed by atoms with Gasteiger partial charge in [-0.25, -0.2) is 0 Å². The Bertz CT molecular complexity index is 610. The lowest BCUT2D eigenvalue weighted by molar-refractivity contribution is 0.677. The summed E-state index contributed by atoms with van der Waals surface area (Å²) in [7, 11) is 2.01. The van der Waals surface area contributed by atoms with Gasteiger partial charge in [-0.05, 0) is 94.1 Å². The molecule has 4 heteroatoms. The van der Waals surface area contributed by atoms with Crippen LogP contribution in [-0.4, -0.2) is 20.1 Å². The zero-order valence-electron chi connectivity index (χ0n) is 16.1. The molecule has 5 N–H and O–H groups in total. The summed E-state index contributed by atoms with van der Waals surface area (Å²) >= 11 is 0. The van der Waals surface area contributed by atoms with E-state index in [9.17, 15) is 0 Å². The van der Waals surface area contributed by atoms with E-state index in [4.69, 9.17) is 5.73 Å². The topological polar surface area (TPSA) is 62.1 Å². The average molecular weight is 355 g/mol. The summed E-state index contributed by atoms with van der Waals surface area (Å²) in [6.07, 6.45) is 8.21. The SMILES string of the molecule is CNCCCCc1ccc(NNc2cccc(CCCCCN)c2)cc1. The van der Waals surface area contributed by atoms with Gasteiger partial charge in [0.2, 0.25) is 0 Å². The molecule has 0 fully saturated rings. The fourth-order valence-electron chi connectivity index (χ4n) is 2.98. The summed E-state index contributed by atoms with van der Waals surface area (Å²) in [4.78, 5) is 0. The van der Waals surface area contributed by atoms with E-state index in [2.05, 4.69) is 64.7 Å². The summed E-state index contributed by atoms with van der Waals surface area (Å²) in [6, 6.07) is 17.3. The van der Waals surface area contributed by atoms with Crippen LogP contribution in [0.25, 0.3) is 0 Å². The van der Waals surface area contributed by atoms with Gasteiger partial charge in [-0.1, -0.05) is 30.7 Å². The van der Waals surface area contributed by atoms with Gasteiger partial charge in [0.05, 0.1) is 11.4 Å². The van der Waals surface area contributed by atoms with Gasteiger partial charge in [-0.3, -0.25) is 0 Å². The largest absolute Gasteiger partial charge is 0.330 e. The van der Waals surface area contributed by atoms with Crippen molar-refractivity contribution in [1.82, 2.24) is 5.32 Å². The highest BCUT2D eigenvalue weighted by Crippen LogP contribution is 2.16. The van der Waals surface area contributed by atoms with Crippen molar-refractivity contribution >= 4 is 11.4 Å². The van der Waals surface area contributed by atoms with E-state index in [1.54, 1.807) is 0 Å². The van der Waals surface area contributed by atoms with Gasteiger partial charge in [-0.2, -0.15) is 0 Å². The summed E-state index contributed by atoms with van der Waals surface area (Å²) in [6.45, 7) is 1.88. The standard InChI is InChI=1S/C22H34N4/c1-24-17-6-4-8-19-12-14-21(15-13-19)25-26-22-11-7-10-20(18-22)9-3-2-5-16-23/h7,10-15,18,24-26H,2-6,8-9,16-17,23H2,1H3. The second-order valence-electron chi connectivity index (χ2n) is 6.81. The zero-order chi connectivity index (χ0) is 18.5. The number of benzene rings is 2. The Morgan fingerprint density at radius 3 is 2.23 bits per heavy atom. The predicted molar refractivity (Wildman–Crippen MR) is 114 cm³/mol. The maximum atomic E-state index is 5.55. The monoisotopic (exact) mass is 354 g/mol. The van der Waals surface area contributed by atoms with Crippen LogP contribution >= 0.6 is 0 Å². The van der Waals surface area contributed by atoms with Crippen LogP contribution < -0.4 is 21.9 Å². The van der Waals surface area contributed by atoms with Gasteiger partial charge in [-0.15, -0.1) is 0 Å². The Labute approximate surface area is 158 Å². The van der Waals surface area contributed by atoms with Crippen molar-refractivity contribution in [3.63, 3.8) is 0 Å². The molecule has 2 aromatic rings. The van der Waals surface area contributed by atoms with Gasteiger partial charge in [0.15, 0.2) is 0 Å². The highest BCUT2D eigenvalue weighted by molar-refractivity contribution is 5.53. The van der Waals surface area contributed by atoms with Gasteiger partial charge in [0, 0.05) is 0 Å². The fraction of sp³-hybridized carbons (Fsp3) is 0.455. The molecule has 0 amide bonds. The number of anilines is 2. The Morgan fingerprint density at radius 2 is 1.46 bits per heavy atom. The van der Waals surface area contributed by atoms with Crippen molar-refractivity contribution in [3.05, 3.63) is 59.7 Å². The lowest BCUT2D eigenvalue weighted by Gasteiger charge is -2.12. The van der Waals surface area contributed by atoms with Crippen LogP contribution in [0.2, 0.25) is 0 Å². The van der Waals surface area contributed by atoms with Gasteiger partial charge in [0.1, 0.15) is 0 Å². The fourth-order valence-corrected chi connectivity index (χ4v) is 2.98. The third-order valence-electron chi connectivity index (χ3n) is 4.54. The third-order valence-corrected chi connectivity index (χ3v) is 4.54. The summed E-state index contributed by atoms with van der Waals surface area (Å²) in [5.41, 5.74) is 17.1. The van der Waals surface area contributed by atoms with Crippen molar-refractivity contribution < 1.29 is 0 Å². The third kappa shape index (κ3) is 7.89. The van der Waals surface area contributed by atoms with Crippen LogP contribution in [0.3, 0.4) is 0 Å². The number of hydrogen-bond acceptors (Lipinski definition) is 4. The maximum Gasteiger partial charge on any atom is 0.0542 e. The highest BCUT2D eigenvalue weighted by atomic mass is 15.4. The molecular formula is C22H34N4. The van der Waals surface area contributed by atoms with Crippen molar-refractivity contribution in [1.29, 1.82) is 0 Å². The summed E-state index contributed by atoms with van der Waals surface area (Å²) in [5.74, 6) is 0. The lowest BCUT2D eigenvalue weighted by Crippen LogP contribution is -2.09. The number of hydrazine groups is 1. The lowest BCUT2D eigenvalue weighted by atomic mass is 10.1. The zero-order valence-corrected chi connectivity index (χ0v) is 16.1. The van der Waals surface area contributed by atoms with E-state index in [-0.39, 0.29) is 0 Å². The van der Waals surface area contributed by atoms with Crippen LogP contribution in [0.5, 0.6) is 0 Å². The Kier molecular flexibility index (Phi) is 9.62. The molecule has 142 valence electrons. The molecule has 0 aromatic heterocycles. The Balaban J connectivity index is 1.75. The second kappa shape index (κ2) is 12.3. The molecule has 0 atom stereocenters. The van der Waals surface area contributed by atoms with Gasteiger partial charge < -0.3 is 21.9 Å². The maximum absolute atomic E-state index is 5.55. The molecule has 0 aliphatic rings. The molecule has 0 saturated carbocycles. The van der Waals surface area contributed by atoms with Crippen LogP contribution in [-0.2, 0) is 12.8 Å². The van der Waals surface area contributed by atoms with E-state index >= 15 is 0 Å². The van der Waals surface area contributed by atoms with E-state index in [1.165, 1.54) is 36.8 Å². The number of rotatable bonds is 13. The molecule has 0 unspecified atom stereocenters. The highest BCUT2D eigenvalue weighted by Gasteiger charge is 1.98. The number of unbranched alkanes of at least 4 members (excludes halogenated alkanes) is 3. The van der Waals surface area contributed by atoms with E-state index in [1.807, 2.05) is 7.05 Å². The number of nitrogens with two attached hydrogens (primary N) is 1. The molecule has 2 aromatic carbocycles. The summed E-state index contributed by atoms with van der Waals surface area (Å²) < 4.78 is 0. The molecule has 2 rings (SSSR count). The Hall–Kier alpha value is -2.04. The molecule has 26 heavy (non-hydrogen) atoms. The minimum atomic E-state index is 0.792. The first-order valence-electron chi connectivity index (χ1n) is 9.86. The first-order valence-corrected chi connectivity index (χ1v) is 9.86.